The first kappa shape index (κ1) is 18.1. The van der Waals surface area contributed by atoms with Crippen molar-refractivity contribution < 1.29 is 9.59 Å². The zero-order valence-electron chi connectivity index (χ0n) is 15.4. The summed E-state index contributed by atoms with van der Waals surface area (Å²) in [7, 11) is 0. The van der Waals surface area contributed by atoms with Gasteiger partial charge in [-0.15, -0.1) is 0 Å². The Kier molecular flexibility index (Phi) is 5.68. The van der Waals surface area contributed by atoms with E-state index in [1.165, 1.54) is 0 Å². The molecule has 0 aromatic heterocycles. The Morgan fingerprint density at radius 1 is 1.08 bits per heavy atom. The van der Waals surface area contributed by atoms with E-state index >= 15 is 0 Å². The van der Waals surface area contributed by atoms with Gasteiger partial charge in [0.05, 0.1) is 6.54 Å². The zero-order chi connectivity index (χ0) is 18.5. The molecule has 2 aromatic carbocycles. The molecule has 26 heavy (non-hydrogen) atoms. The van der Waals surface area contributed by atoms with E-state index in [9.17, 15) is 9.59 Å². The molecule has 3 rings (SSSR count). The molecule has 0 unspecified atom stereocenters. The second-order valence-electron chi connectivity index (χ2n) is 6.42. The predicted octanol–water partition coefficient (Wildman–Crippen LogP) is 3.17. The summed E-state index contributed by atoms with van der Waals surface area (Å²) >= 11 is 0. The fourth-order valence-corrected chi connectivity index (χ4v) is 3.23. The Balaban J connectivity index is 1.75. The average Bonchev–Trinajstić information content (AvgIpc) is 3.10. The molecule has 5 heteroatoms. The first-order valence-corrected chi connectivity index (χ1v) is 9.14. The van der Waals surface area contributed by atoms with Crippen molar-refractivity contribution >= 4 is 23.2 Å². The molecule has 1 aliphatic rings. The van der Waals surface area contributed by atoms with E-state index in [0.29, 0.717) is 24.3 Å². The number of hydrogen-bond donors (Lipinski definition) is 1. The average molecular weight is 351 g/mol. The smallest absolute Gasteiger partial charge is 0.255 e. The first-order valence-electron chi connectivity index (χ1n) is 9.14. The largest absolute Gasteiger partial charge is 0.322 e. The van der Waals surface area contributed by atoms with Gasteiger partial charge in [-0.2, -0.15) is 0 Å². The van der Waals surface area contributed by atoms with Gasteiger partial charge in [-0.1, -0.05) is 38.1 Å². The molecule has 0 saturated heterocycles. The Morgan fingerprint density at radius 3 is 2.50 bits per heavy atom. The molecule has 0 atom stereocenters. The Bertz CT molecular complexity index is 785. The lowest BCUT2D eigenvalue weighted by Gasteiger charge is -2.23. The maximum Gasteiger partial charge on any atom is 0.255 e. The number of hydrogen-bond acceptors (Lipinski definition) is 3. The quantitative estimate of drug-likeness (QED) is 0.870. The molecule has 1 aliphatic heterocycles. The van der Waals surface area contributed by atoms with E-state index in [1.54, 1.807) is 12.1 Å². The number of anilines is 2. The van der Waals surface area contributed by atoms with Crippen LogP contribution < -0.4 is 10.2 Å². The van der Waals surface area contributed by atoms with Crippen molar-refractivity contribution in [2.24, 2.45) is 0 Å². The van der Waals surface area contributed by atoms with Crippen molar-refractivity contribution in [3.8, 4) is 0 Å². The summed E-state index contributed by atoms with van der Waals surface area (Å²) in [5.74, 6) is -0.0384. The lowest BCUT2D eigenvalue weighted by molar-refractivity contribution is -0.119. The van der Waals surface area contributed by atoms with Crippen molar-refractivity contribution in [3.05, 3.63) is 59.7 Å². The highest BCUT2D eigenvalue weighted by molar-refractivity contribution is 6.05. The fourth-order valence-electron chi connectivity index (χ4n) is 3.23. The van der Waals surface area contributed by atoms with Gasteiger partial charge in [0, 0.05) is 23.5 Å². The number of fused-ring (bicyclic) bond motifs is 1. The summed E-state index contributed by atoms with van der Waals surface area (Å²) in [6, 6.07) is 14.9. The van der Waals surface area contributed by atoms with E-state index in [2.05, 4.69) is 24.1 Å². The number of nitrogens with zero attached hydrogens (tertiary/aromatic N) is 2. The van der Waals surface area contributed by atoms with Crippen LogP contribution in [-0.2, 0) is 11.2 Å². The van der Waals surface area contributed by atoms with Gasteiger partial charge in [0.25, 0.3) is 5.91 Å². The van der Waals surface area contributed by atoms with E-state index in [-0.39, 0.29) is 11.8 Å². The molecule has 0 spiro atoms. The standard InChI is InChI=1S/C21H25N3O2/c1-3-23(4-2)15-20(25)24-13-12-16-10-11-18(14-19(16)24)22-21(26)17-8-6-5-7-9-17/h5-11,14H,3-4,12-13,15H2,1-2H3,(H,22,26). The molecule has 5 nitrogen and oxygen atoms in total. The molecule has 0 aliphatic carbocycles. The number of rotatable bonds is 6. The number of nitrogens with one attached hydrogen (secondary N) is 1. The zero-order valence-corrected chi connectivity index (χ0v) is 15.4. The molecular formula is C21H25N3O2. The fraction of sp³-hybridized carbons (Fsp3) is 0.333. The van der Waals surface area contributed by atoms with E-state index < -0.39 is 0 Å². The number of benzene rings is 2. The van der Waals surface area contributed by atoms with Crippen LogP contribution in [0.5, 0.6) is 0 Å². The molecule has 2 aromatic rings. The summed E-state index contributed by atoms with van der Waals surface area (Å²) in [6.45, 7) is 6.96. The highest BCUT2D eigenvalue weighted by atomic mass is 16.2. The molecule has 0 fully saturated rings. The third-order valence-electron chi connectivity index (χ3n) is 4.83. The minimum absolute atomic E-state index is 0.110. The minimum atomic E-state index is -0.149. The number of likely N-dealkylation sites (N-methyl/N-ethyl adjacent to an activating group) is 1. The summed E-state index contributed by atoms with van der Waals surface area (Å²) < 4.78 is 0. The van der Waals surface area contributed by atoms with Gasteiger partial charge >= 0.3 is 0 Å². The highest BCUT2D eigenvalue weighted by Gasteiger charge is 2.25. The molecule has 0 bridgehead atoms. The third-order valence-corrected chi connectivity index (χ3v) is 4.83. The van der Waals surface area contributed by atoms with Gasteiger partial charge in [0.1, 0.15) is 0 Å². The van der Waals surface area contributed by atoms with Crippen LogP contribution in [0, 0.1) is 0 Å². The van der Waals surface area contributed by atoms with Gasteiger partial charge in [-0.25, -0.2) is 0 Å². The van der Waals surface area contributed by atoms with Crippen LogP contribution in [0.4, 0.5) is 11.4 Å². The first-order chi connectivity index (χ1) is 12.6. The lowest BCUT2D eigenvalue weighted by atomic mass is 10.1. The normalized spacial score (nSPS) is 13.0. The van der Waals surface area contributed by atoms with Gasteiger partial charge < -0.3 is 10.2 Å². The number of carbonyl (C=O) groups is 2. The molecule has 0 radical (unpaired) electrons. The van der Waals surface area contributed by atoms with E-state index in [4.69, 9.17) is 0 Å². The second-order valence-corrected chi connectivity index (χ2v) is 6.42. The molecule has 136 valence electrons. The van der Waals surface area contributed by atoms with Gasteiger partial charge in [-0.3, -0.25) is 14.5 Å². The molecule has 2 amide bonds. The maximum atomic E-state index is 12.7. The molecule has 0 saturated carbocycles. The molecular weight excluding hydrogens is 326 g/mol. The van der Waals surface area contributed by atoms with Crippen molar-refractivity contribution in [2.75, 3.05) is 36.4 Å². The SMILES string of the molecule is CCN(CC)CC(=O)N1CCc2ccc(NC(=O)c3ccccc3)cc21. The monoisotopic (exact) mass is 351 g/mol. The lowest BCUT2D eigenvalue weighted by Crippen LogP contribution is -2.39. The Labute approximate surface area is 154 Å². The summed E-state index contributed by atoms with van der Waals surface area (Å²) in [4.78, 5) is 29.0. The van der Waals surface area contributed by atoms with Crippen molar-refractivity contribution in [1.29, 1.82) is 0 Å². The molecule has 1 heterocycles. The number of carbonyl (C=O) groups excluding carboxylic acids is 2. The maximum absolute atomic E-state index is 12.7. The van der Waals surface area contributed by atoms with Crippen molar-refractivity contribution in [3.63, 3.8) is 0 Å². The topological polar surface area (TPSA) is 52.7 Å². The van der Waals surface area contributed by atoms with Gasteiger partial charge in [0.2, 0.25) is 5.91 Å². The van der Waals surface area contributed by atoms with Gasteiger partial charge in [-0.05, 0) is 49.3 Å². The van der Waals surface area contributed by atoms with Gasteiger partial charge in [0.15, 0.2) is 0 Å². The van der Waals surface area contributed by atoms with Crippen LogP contribution in [0.2, 0.25) is 0 Å². The Hall–Kier alpha value is -2.66. The van der Waals surface area contributed by atoms with Crippen LogP contribution in [0.1, 0.15) is 29.8 Å². The minimum Gasteiger partial charge on any atom is -0.322 e. The van der Waals surface area contributed by atoms with E-state index in [1.807, 2.05) is 41.3 Å². The highest BCUT2D eigenvalue weighted by Crippen LogP contribution is 2.31. The van der Waals surface area contributed by atoms with Crippen LogP contribution in [-0.4, -0.2) is 42.9 Å². The van der Waals surface area contributed by atoms with Crippen LogP contribution in [0.25, 0.3) is 0 Å². The van der Waals surface area contributed by atoms with E-state index in [0.717, 1.165) is 30.8 Å². The predicted molar refractivity (Wildman–Crippen MR) is 105 cm³/mol. The Morgan fingerprint density at radius 2 is 1.81 bits per heavy atom. The summed E-state index contributed by atoms with van der Waals surface area (Å²) in [6.07, 6.45) is 0.853. The summed E-state index contributed by atoms with van der Waals surface area (Å²) in [5.41, 5.74) is 3.38. The van der Waals surface area contributed by atoms with Crippen LogP contribution in [0.15, 0.2) is 48.5 Å². The van der Waals surface area contributed by atoms with Crippen LogP contribution in [0.3, 0.4) is 0 Å². The number of amides is 2. The second kappa shape index (κ2) is 8.15. The summed E-state index contributed by atoms with van der Waals surface area (Å²) in [5, 5.41) is 2.92. The third kappa shape index (κ3) is 3.94. The van der Waals surface area contributed by atoms with Crippen molar-refractivity contribution in [1.82, 2.24) is 4.90 Å². The van der Waals surface area contributed by atoms with Crippen molar-refractivity contribution in [2.45, 2.75) is 20.3 Å². The van der Waals surface area contributed by atoms with Crippen LogP contribution >= 0.6 is 0 Å². The molecule has 1 N–H and O–H groups in total.